The molecule has 0 amide bonds. The van der Waals surface area contributed by atoms with Crippen LogP contribution in [0.4, 0.5) is 0 Å². The smallest absolute Gasteiger partial charge is 0.143 e. The number of halogens is 3. The lowest BCUT2D eigenvalue weighted by Gasteiger charge is -2.08. The van der Waals surface area contributed by atoms with E-state index >= 15 is 0 Å². The van der Waals surface area contributed by atoms with Crippen molar-refractivity contribution in [1.82, 2.24) is 5.32 Å². The molecular formula is C23H21Br2ClN2OS. The lowest BCUT2D eigenvalue weighted by molar-refractivity contribution is 0.468. The standard InChI is InChI=1S/C23H21Br2ClN2OS/c1-14-18(6-3-16-4-7-19(26)8-5-16)12-30-23(14)15(2)28-13-27-11-17-9-20(24)22(29)21(25)10-17/h4-5,7-12,28-29H,2-3,6,13H2,1H3/b27-11+. The minimum Gasteiger partial charge on any atom is -0.506 e. The third kappa shape index (κ3) is 5.97. The van der Waals surface area contributed by atoms with Gasteiger partial charge in [0.1, 0.15) is 12.4 Å². The Kier molecular flexibility index (Phi) is 8.17. The molecule has 0 fully saturated rings. The predicted molar refractivity (Wildman–Crippen MR) is 136 cm³/mol. The molecule has 1 aromatic heterocycles. The molecule has 2 aromatic carbocycles. The molecule has 7 heteroatoms. The van der Waals surface area contributed by atoms with Gasteiger partial charge in [0, 0.05) is 16.9 Å². The van der Waals surface area contributed by atoms with E-state index in [0.29, 0.717) is 15.6 Å². The zero-order chi connectivity index (χ0) is 21.7. The normalized spacial score (nSPS) is 11.2. The Morgan fingerprint density at radius 1 is 1.20 bits per heavy atom. The molecule has 156 valence electrons. The van der Waals surface area contributed by atoms with Gasteiger partial charge in [-0.2, -0.15) is 0 Å². The number of benzene rings is 2. The van der Waals surface area contributed by atoms with E-state index in [1.165, 1.54) is 16.7 Å². The molecule has 2 N–H and O–H groups in total. The van der Waals surface area contributed by atoms with Crippen LogP contribution in [-0.2, 0) is 12.8 Å². The molecule has 0 aliphatic carbocycles. The quantitative estimate of drug-likeness (QED) is 0.279. The minimum atomic E-state index is 0.179. The Morgan fingerprint density at radius 3 is 2.53 bits per heavy atom. The number of aliphatic imine (C=N–C) groups is 1. The number of phenolic OH excluding ortho intramolecular Hbond substituents is 1. The van der Waals surface area contributed by atoms with Crippen LogP contribution in [0.2, 0.25) is 5.02 Å². The highest BCUT2D eigenvalue weighted by molar-refractivity contribution is 9.11. The van der Waals surface area contributed by atoms with Gasteiger partial charge in [0.2, 0.25) is 0 Å². The van der Waals surface area contributed by atoms with Crippen molar-refractivity contribution in [3.8, 4) is 5.75 Å². The second-order valence-electron chi connectivity index (χ2n) is 6.80. The van der Waals surface area contributed by atoms with E-state index in [2.05, 4.69) is 73.2 Å². The fraction of sp³-hybridized carbons (Fsp3) is 0.174. The maximum atomic E-state index is 9.78. The van der Waals surface area contributed by atoms with Crippen LogP contribution in [0, 0.1) is 6.92 Å². The summed E-state index contributed by atoms with van der Waals surface area (Å²) in [4.78, 5) is 5.57. The SMILES string of the molecule is C=C(NC/N=C/c1cc(Br)c(O)c(Br)c1)c1scc(CCc2ccc(Cl)cc2)c1C. The third-order valence-corrected chi connectivity index (χ3v) is 7.33. The van der Waals surface area contributed by atoms with Crippen molar-refractivity contribution in [2.24, 2.45) is 4.99 Å². The summed E-state index contributed by atoms with van der Waals surface area (Å²) in [6.07, 6.45) is 3.73. The number of nitrogens with one attached hydrogen (secondary N) is 1. The highest BCUT2D eigenvalue weighted by atomic mass is 79.9. The van der Waals surface area contributed by atoms with Crippen LogP contribution in [0.15, 0.2) is 62.3 Å². The van der Waals surface area contributed by atoms with Gasteiger partial charge in [-0.1, -0.05) is 30.3 Å². The summed E-state index contributed by atoms with van der Waals surface area (Å²) < 4.78 is 1.24. The van der Waals surface area contributed by atoms with Crippen molar-refractivity contribution >= 4 is 66.7 Å². The van der Waals surface area contributed by atoms with Gasteiger partial charge in [-0.25, -0.2) is 0 Å². The monoisotopic (exact) mass is 566 g/mol. The van der Waals surface area contributed by atoms with E-state index in [1.807, 2.05) is 24.3 Å². The average Bonchev–Trinajstić information content (AvgIpc) is 3.09. The molecule has 0 radical (unpaired) electrons. The average molecular weight is 569 g/mol. The van der Waals surface area contributed by atoms with Crippen molar-refractivity contribution in [2.45, 2.75) is 19.8 Å². The molecule has 0 atom stereocenters. The molecule has 3 rings (SSSR count). The molecule has 0 saturated heterocycles. The van der Waals surface area contributed by atoms with E-state index < -0.39 is 0 Å². The van der Waals surface area contributed by atoms with Gasteiger partial charge in [0.05, 0.1) is 13.8 Å². The maximum Gasteiger partial charge on any atom is 0.143 e. The largest absolute Gasteiger partial charge is 0.506 e. The number of hydrogen-bond acceptors (Lipinski definition) is 4. The van der Waals surface area contributed by atoms with Gasteiger partial charge in [-0.15, -0.1) is 11.3 Å². The molecule has 0 spiro atoms. The number of aryl methyl sites for hydroxylation is 2. The van der Waals surface area contributed by atoms with E-state index in [0.717, 1.165) is 34.0 Å². The van der Waals surface area contributed by atoms with Gasteiger partial charge in [-0.3, -0.25) is 4.99 Å². The minimum absolute atomic E-state index is 0.179. The molecule has 0 saturated carbocycles. The molecule has 0 aliphatic rings. The number of rotatable bonds is 8. The predicted octanol–water partition coefficient (Wildman–Crippen LogP) is 7.36. The van der Waals surface area contributed by atoms with Crippen molar-refractivity contribution in [3.63, 3.8) is 0 Å². The summed E-state index contributed by atoms with van der Waals surface area (Å²) in [6.45, 7) is 6.74. The Balaban J connectivity index is 1.55. The van der Waals surface area contributed by atoms with Gasteiger partial charge in [0.15, 0.2) is 0 Å². The fourth-order valence-electron chi connectivity index (χ4n) is 2.96. The molecule has 3 aromatic rings. The number of hydrogen-bond donors (Lipinski definition) is 2. The summed E-state index contributed by atoms with van der Waals surface area (Å²) in [5.41, 5.74) is 5.65. The highest BCUT2D eigenvalue weighted by Gasteiger charge is 2.10. The molecule has 0 bridgehead atoms. The molecule has 0 unspecified atom stereocenters. The maximum absolute atomic E-state index is 9.78. The third-order valence-electron chi connectivity index (χ3n) is 4.67. The van der Waals surface area contributed by atoms with Crippen LogP contribution in [0.25, 0.3) is 5.70 Å². The van der Waals surface area contributed by atoms with E-state index in [9.17, 15) is 5.11 Å². The molecule has 3 nitrogen and oxygen atoms in total. The first-order valence-electron chi connectivity index (χ1n) is 9.27. The van der Waals surface area contributed by atoms with Crippen LogP contribution >= 0.6 is 54.8 Å². The van der Waals surface area contributed by atoms with Crippen molar-refractivity contribution in [2.75, 3.05) is 6.67 Å². The van der Waals surface area contributed by atoms with Gasteiger partial charge >= 0.3 is 0 Å². The van der Waals surface area contributed by atoms with Crippen LogP contribution in [0.1, 0.15) is 27.1 Å². The second-order valence-corrected chi connectivity index (χ2v) is 9.82. The number of nitrogens with zero attached hydrogens (tertiary/aromatic N) is 1. The number of thiophene rings is 1. The molecule has 1 heterocycles. The van der Waals surface area contributed by atoms with Crippen molar-refractivity contribution < 1.29 is 5.11 Å². The zero-order valence-corrected chi connectivity index (χ0v) is 21.1. The zero-order valence-electron chi connectivity index (χ0n) is 16.4. The Hall–Kier alpha value is -1.60. The van der Waals surface area contributed by atoms with Crippen molar-refractivity contribution in [1.29, 1.82) is 0 Å². The van der Waals surface area contributed by atoms with E-state index in [4.69, 9.17) is 11.6 Å². The van der Waals surface area contributed by atoms with Crippen LogP contribution in [0.3, 0.4) is 0 Å². The summed E-state index contributed by atoms with van der Waals surface area (Å²) >= 11 is 14.3. The summed E-state index contributed by atoms with van der Waals surface area (Å²) in [6, 6.07) is 11.7. The number of phenols is 1. The first kappa shape index (κ1) is 23.1. The first-order chi connectivity index (χ1) is 14.3. The van der Waals surface area contributed by atoms with Crippen LogP contribution in [-0.4, -0.2) is 18.0 Å². The van der Waals surface area contributed by atoms with Crippen LogP contribution < -0.4 is 5.32 Å². The molecule has 0 aliphatic heterocycles. The van der Waals surface area contributed by atoms with Gasteiger partial charge in [0.25, 0.3) is 0 Å². The topological polar surface area (TPSA) is 44.6 Å². The van der Waals surface area contributed by atoms with Gasteiger partial charge < -0.3 is 10.4 Å². The molecular weight excluding hydrogens is 548 g/mol. The lowest BCUT2D eigenvalue weighted by atomic mass is 10.0. The summed E-state index contributed by atoms with van der Waals surface area (Å²) in [7, 11) is 0. The fourth-order valence-corrected chi connectivity index (χ4v) is 5.38. The Bertz CT molecular complexity index is 1050. The first-order valence-corrected chi connectivity index (χ1v) is 12.1. The Labute approximate surface area is 202 Å². The lowest BCUT2D eigenvalue weighted by Crippen LogP contribution is -2.11. The molecule has 30 heavy (non-hydrogen) atoms. The second kappa shape index (κ2) is 10.6. The summed E-state index contributed by atoms with van der Waals surface area (Å²) in [5, 5.41) is 16.0. The number of aromatic hydroxyl groups is 1. The van der Waals surface area contributed by atoms with Crippen LogP contribution in [0.5, 0.6) is 5.75 Å². The summed E-state index contributed by atoms with van der Waals surface area (Å²) in [5.74, 6) is 0.179. The van der Waals surface area contributed by atoms with Crippen molar-refractivity contribution in [3.05, 3.63) is 89.5 Å². The van der Waals surface area contributed by atoms with Gasteiger partial charge in [-0.05, 0) is 104 Å². The van der Waals surface area contributed by atoms with E-state index in [1.54, 1.807) is 17.6 Å². The van der Waals surface area contributed by atoms with E-state index in [-0.39, 0.29) is 5.75 Å². The Morgan fingerprint density at radius 2 is 1.87 bits per heavy atom. The highest BCUT2D eigenvalue weighted by Crippen LogP contribution is 2.33.